The number of aryl methyl sites for hydroxylation is 1. The second-order valence-corrected chi connectivity index (χ2v) is 5.62. The van der Waals surface area contributed by atoms with E-state index in [1.807, 2.05) is 0 Å². The first-order chi connectivity index (χ1) is 9.69. The van der Waals surface area contributed by atoms with Crippen molar-refractivity contribution < 1.29 is 0 Å². The van der Waals surface area contributed by atoms with Gasteiger partial charge in [0.15, 0.2) is 0 Å². The Balaban J connectivity index is 2.37. The maximum atomic E-state index is 4.82. The highest BCUT2D eigenvalue weighted by atomic mass is 15.1. The smallest absolute Gasteiger partial charge is 0.110 e. The Morgan fingerprint density at radius 1 is 1.15 bits per heavy atom. The zero-order chi connectivity index (χ0) is 14.5. The molecule has 1 N–H and O–H groups in total. The molecule has 0 spiro atoms. The largest absolute Gasteiger partial charge is 0.324 e. The molecule has 0 radical (unpaired) electrons. The highest BCUT2D eigenvalue weighted by Crippen LogP contribution is 2.24. The van der Waals surface area contributed by atoms with Crippen LogP contribution in [0.1, 0.15) is 52.4 Å². The molecule has 0 aliphatic rings. The quantitative estimate of drug-likeness (QED) is 0.828. The molecule has 0 amide bonds. The Bertz CT molecular complexity index is 544. The molecule has 1 aromatic heterocycles. The minimum absolute atomic E-state index is 0.412. The third kappa shape index (κ3) is 3.04. The normalized spacial score (nSPS) is 14.6. The summed E-state index contributed by atoms with van der Waals surface area (Å²) in [5.74, 6) is 1.21. The summed E-state index contributed by atoms with van der Waals surface area (Å²) in [5.41, 5.74) is 2.37. The first kappa shape index (κ1) is 15.0. The van der Waals surface area contributed by atoms with E-state index >= 15 is 0 Å². The number of hydrogen-bond acceptors (Lipinski definition) is 2. The lowest BCUT2D eigenvalue weighted by Crippen LogP contribution is -2.34. The lowest BCUT2D eigenvalue weighted by atomic mass is 10.1. The van der Waals surface area contributed by atoms with E-state index in [9.17, 15) is 0 Å². The highest BCUT2D eigenvalue weighted by Gasteiger charge is 2.19. The molecule has 0 aliphatic carbocycles. The molecule has 1 heterocycles. The van der Waals surface area contributed by atoms with Crippen LogP contribution >= 0.6 is 0 Å². The fourth-order valence-electron chi connectivity index (χ4n) is 2.71. The van der Waals surface area contributed by atoms with E-state index < -0.39 is 0 Å². The number of fused-ring (bicyclic) bond motifs is 1. The molecule has 3 heteroatoms. The van der Waals surface area contributed by atoms with Crippen LogP contribution in [-0.4, -0.2) is 22.1 Å². The summed E-state index contributed by atoms with van der Waals surface area (Å²) in [7, 11) is 0. The van der Waals surface area contributed by atoms with Gasteiger partial charge >= 0.3 is 0 Å². The average molecular weight is 273 g/mol. The molecular weight excluding hydrogens is 246 g/mol. The summed E-state index contributed by atoms with van der Waals surface area (Å²) in [4.78, 5) is 4.82. The van der Waals surface area contributed by atoms with E-state index in [0.29, 0.717) is 12.1 Å². The second-order valence-electron chi connectivity index (χ2n) is 5.62. The Morgan fingerprint density at radius 3 is 2.60 bits per heavy atom. The van der Waals surface area contributed by atoms with Crippen molar-refractivity contribution in [1.82, 2.24) is 14.9 Å². The molecule has 0 saturated carbocycles. The van der Waals surface area contributed by atoms with Crippen molar-refractivity contribution in [3.8, 4) is 0 Å². The van der Waals surface area contributed by atoms with E-state index in [1.54, 1.807) is 0 Å². The summed E-state index contributed by atoms with van der Waals surface area (Å²) in [5, 5.41) is 3.61. The fourth-order valence-corrected chi connectivity index (χ4v) is 2.71. The van der Waals surface area contributed by atoms with Crippen LogP contribution in [0, 0.1) is 0 Å². The predicted octanol–water partition coefficient (Wildman–Crippen LogP) is 3.94. The van der Waals surface area contributed by atoms with Crippen LogP contribution in [0.3, 0.4) is 0 Å². The number of aromatic nitrogens is 2. The Hall–Kier alpha value is -1.35. The summed E-state index contributed by atoms with van der Waals surface area (Å²) < 4.78 is 2.42. The number of hydrogen-bond donors (Lipinski definition) is 1. The summed E-state index contributed by atoms with van der Waals surface area (Å²) >= 11 is 0. The van der Waals surface area contributed by atoms with Crippen molar-refractivity contribution in [2.75, 3.05) is 6.54 Å². The molecule has 2 rings (SSSR count). The van der Waals surface area contributed by atoms with E-state index in [4.69, 9.17) is 4.98 Å². The van der Waals surface area contributed by atoms with Gasteiger partial charge in [-0.1, -0.05) is 26.0 Å². The molecule has 0 fully saturated rings. The van der Waals surface area contributed by atoms with Gasteiger partial charge in [-0.05, 0) is 45.4 Å². The third-order valence-electron chi connectivity index (χ3n) is 3.99. The molecule has 110 valence electrons. The molecule has 0 aliphatic heterocycles. The number of imidazole rings is 1. The number of nitrogens with one attached hydrogen (secondary N) is 1. The van der Waals surface area contributed by atoms with E-state index in [0.717, 1.165) is 24.9 Å². The van der Waals surface area contributed by atoms with Crippen LogP contribution in [0.4, 0.5) is 0 Å². The third-order valence-corrected chi connectivity index (χ3v) is 3.99. The van der Waals surface area contributed by atoms with Gasteiger partial charge in [0, 0.05) is 18.5 Å². The summed E-state index contributed by atoms with van der Waals surface area (Å²) in [6.45, 7) is 10.1. The zero-order valence-corrected chi connectivity index (χ0v) is 13.2. The number of nitrogens with zero attached hydrogens (tertiary/aromatic N) is 2. The van der Waals surface area contributed by atoms with Gasteiger partial charge in [-0.15, -0.1) is 0 Å². The van der Waals surface area contributed by atoms with Crippen LogP contribution in [0.25, 0.3) is 11.0 Å². The first-order valence-corrected chi connectivity index (χ1v) is 7.88. The molecule has 0 saturated heterocycles. The van der Waals surface area contributed by atoms with Crippen molar-refractivity contribution in [3.05, 3.63) is 30.1 Å². The predicted molar refractivity (Wildman–Crippen MR) is 86.2 cm³/mol. The van der Waals surface area contributed by atoms with Gasteiger partial charge in [0.1, 0.15) is 5.82 Å². The second kappa shape index (κ2) is 6.89. The topological polar surface area (TPSA) is 29.9 Å². The maximum Gasteiger partial charge on any atom is 0.110 e. The number of rotatable bonds is 7. The standard InChI is InChI=1S/C17H27N3/c1-5-9-17-19-15-10-7-8-11-16(15)20(17)14(4)13(3)18-12-6-2/h7-8,10-11,13-14,18H,5-6,9,12H2,1-4H3. The molecule has 2 atom stereocenters. The van der Waals surface area contributed by atoms with Gasteiger partial charge in [-0.25, -0.2) is 4.98 Å². The van der Waals surface area contributed by atoms with Crippen molar-refractivity contribution in [1.29, 1.82) is 0 Å². The zero-order valence-electron chi connectivity index (χ0n) is 13.2. The summed E-state index contributed by atoms with van der Waals surface area (Å²) in [6.07, 6.45) is 3.34. The summed E-state index contributed by atoms with van der Waals surface area (Å²) in [6, 6.07) is 9.33. The lowest BCUT2D eigenvalue weighted by molar-refractivity contribution is 0.391. The molecule has 20 heavy (non-hydrogen) atoms. The maximum absolute atomic E-state index is 4.82. The Kier molecular flexibility index (Phi) is 5.18. The van der Waals surface area contributed by atoms with Crippen molar-refractivity contribution in [2.45, 2.75) is 59.0 Å². The Labute approximate surface area is 122 Å². The van der Waals surface area contributed by atoms with Gasteiger partial charge in [-0.3, -0.25) is 0 Å². The average Bonchev–Trinajstić information content (AvgIpc) is 2.82. The molecule has 2 unspecified atom stereocenters. The van der Waals surface area contributed by atoms with Gasteiger partial charge in [0.25, 0.3) is 0 Å². The number of benzene rings is 1. The fraction of sp³-hybridized carbons (Fsp3) is 0.588. The monoisotopic (exact) mass is 273 g/mol. The first-order valence-electron chi connectivity index (χ1n) is 7.88. The van der Waals surface area contributed by atoms with Gasteiger partial charge < -0.3 is 9.88 Å². The Morgan fingerprint density at radius 2 is 1.90 bits per heavy atom. The van der Waals surface area contributed by atoms with Crippen molar-refractivity contribution in [3.63, 3.8) is 0 Å². The van der Waals surface area contributed by atoms with Crippen molar-refractivity contribution in [2.24, 2.45) is 0 Å². The van der Waals surface area contributed by atoms with Crippen molar-refractivity contribution >= 4 is 11.0 Å². The van der Waals surface area contributed by atoms with Crippen LogP contribution in [-0.2, 0) is 6.42 Å². The van der Waals surface area contributed by atoms with Crippen LogP contribution in [0.2, 0.25) is 0 Å². The van der Waals surface area contributed by atoms with Gasteiger partial charge in [0.2, 0.25) is 0 Å². The van der Waals surface area contributed by atoms with Crippen LogP contribution in [0.5, 0.6) is 0 Å². The molecular formula is C17H27N3. The molecule has 2 aromatic rings. The molecule has 3 nitrogen and oxygen atoms in total. The van der Waals surface area contributed by atoms with Gasteiger partial charge in [-0.2, -0.15) is 0 Å². The molecule has 1 aromatic carbocycles. The number of para-hydroxylation sites is 2. The lowest BCUT2D eigenvalue weighted by Gasteiger charge is -2.25. The van der Waals surface area contributed by atoms with Crippen LogP contribution in [0.15, 0.2) is 24.3 Å². The van der Waals surface area contributed by atoms with Gasteiger partial charge in [0.05, 0.1) is 11.0 Å². The minimum atomic E-state index is 0.412. The SMILES string of the molecule is CCCNC(C)C(C)n1c(CCC)nc2ccccc21. The van der Waals surface area contributed by atoms with E-state index in [1.165, 1.54) is 17.8 Å². The van der Waals surface area contributed by atoms with Crippen LogP contribution < -0.4 is 5.32 Å². The van der Waals surface area contributed by atoms with E-state index in [2.05, 4.69) is 61.8 Å². The minimum Gasteiger partial charge on any atom is -0.324 e. The molecule has 0 bridgehead atoms. The van der Waals surface area contributed by atoms with E-state index in [-0.39, 0.29) is 0 Å². The highest BCUT2D eigenvalue weighted by molar-refractivity contribution is 5.76.